The Kier molecular flexibility index (Phi) is 11.6. The van der Waals surface area contributed by atoms with Gasteiger partial charge in [-0.3, -0.25) is 14.4 Å². The molecule has 0 spiro atoms. The van der Waals surface area contributed by atoms with Crippen molar-refractivity contribution in [3.63, 3.8) is 0 Å². The monoisotopic (exact) mass is 602 g/mol. The van der Waals surface area contributed by atoms with E-state index in [0.29, 0.717) is 21.3 Å². The largest absolute Gasteiger partial charge is 0.483 e. The maximum absolute atomic E-state index is 15.0. The van der Waals surface area contributed by atoms with Crippen LogP contribution in [0.4, 0.5) is 10.1 Å². The normalized spacial score (nSPS) is 15.9. The van der Waals surface area contributed by atoms with Crippen molar-refractivity contribution in [3.8, 4) is 0 Å². The van der Waals surface area contributed by atoms with E-state index in [9.17, 15) is 22.4 Å². The third-order valence-electron chi connectivity index (χ3n) is 5.80. The predicted molar refractivity (Wildman–Crippen MR) is 151 cm³/mol. The van der Waals surface area contributed by atoms with Gasteiger partial charge < -0.3 is 19.8 Å². The van der Waals surface area contributed by atoms with Crippen molar-refractivity contribution in [2.45, 2.75) is 19.4 Å². The fourth-order valence-electron chi connectivity index (χ4n) is 3.92. The van der Waals surface area contributed by atoms with Crippen LogP contribution in [-0.4, -0.2) is 99.8 Å². The smallest absolute Gasteiger partial charge is 0.290 e. The number of carboxylic acid groups (broad SMARTS) is 1. The first kappa shape index (κ1) is 32.4. The van der Waals surface area contributed by atoms with Crippen molar-refractivity contribution in [1.29, 1.82) is 0 Å². The summed E-state index contributed by atoms with van der Waals surface area (Å²) < 4.78 is 43.6. The number of carbonyl (C=O) groups excluding carboxylic acids is 2. The first-order valence-corrected chi connectivity index (χ1v) is 14.4. The number of anilines is 1. The van der Waals surface area contributed by atoms with Crippen molar-refractivity contribution < 1.29 is 32.3 Å². The highest BCUT2D eigenvalue weighted by atomic mass is 35.5. The molecule has 0 radical (unpaired) electrons. The molecular weight excluding hydrogens is 571 g/mol. The minimum absolute atomic E-state index is 0.0164. The SMILES string of the molecule is C/C(=C\S(=O)(=O)N(CCN(C)C)[C@H]1CCN(c2ccc(C(=O)N(C)C)cc2F)C1=O)c1ccc(Cl)s1.O=CO. The number of hydrogen-bond acceptors (Lipinski definition) is 7. The van der Waals surface area contributed by atoms with E-state index in [1.807, 2.05) is 19.0 Å². The van der Waals surface area contributed by atoms with Gasteiger partial charge in [-0.15, -0.1) is 11.3 Å². The Hall–Kier alpha value is -2.84. The summed E-state index contributed by atoms with van der Waals surface area (Å²) in [7, 11) is 2.76. The van der Waals surface area contributed by atoms with E-state index in [0.717, 1.165) is 11.5 Å². The number of hydrogen-bond donors (Lipinski definition) is 1. The van der Waals surface area contributed by atoms with Crippen LogP contribution in [0.5, 0.6) is 0 Å². The average Bonchev–Trinajstić information content (AvgIpc) is 3.44. The molecule has 0 saturated carbocycles. The van der Waals surface area contributed by atoms with E-state index in [1.54, 1.807) is 33.2 Å². The Morgan fingerprint density at radius 3 is 2.36 bits per heavy atom. The number of likely N-dealkylation sites (N-methyl/N-ethyl adjacent to an activating group) is 1. The maximum Gasteiger partial charge on any atom is 0.290 e. The number of halogens is 2. The highest BCUT2D eigenvalue weighted by Gasteiger charge is 2.42. The van der Waals surface area contributed by atoms with Gasteiger partial charge in [0.05, 0.1) is 15.4 Å². The van der Waals surface area contributed by atoms with Gasteiger partial charge in [-0.05, 0) is 63.3 Å². The Labute approximate surface area is 236 Å². The first-order chi connectivity index (χ1) is 18.2. The lowest BCUT2D eigenvalue weighted by Crippen LogP contribution is -2.47. The van der Waals surface area contributed by atoms with Crippen LogP contribution in [0.1, 0.15) is 28.6 Å². The number of benzene rings is 1. The van der Waals surface area contributed by atoms with Crippen LogP contribution in [-0.2, 0) is 19.6 Å². The van der Waals surface area contributed by atoms with Crippen molar-refractivity contribution in [3.05, 3.63) is 56.3 Å². The van der Waals surface area contributed by atoms with Gasteiger partial charge in [0.2, 0.25) is 15.9 Å². The molecule has 39 heavy (non-hydrogen) atoms. The Morgan fingerprint density at radius 2 is 1.85 bits per heavy atom. The van der Waals surface area contributed by atoms with Gasteiger partial charge in [-0.1, -0.05) is 11.6 Å². The van der Waals surface area contributed by atoms with Gasteiger partial charge in [-0.2, -0.15) is 4.31 Å². The molecule has 14 heteroatoms. The molecule has 2 amide bonds. The fourth-order valence-corrected chi connectivity index (χ4v) is 6.61. The zero-order chi connectivity index (χ0) is 29.5. The number of rotatable bonds is 9. The van der Waals surface area contributed by atoms with E-state index < -0.39 is 27.8 Å². The lowest BCUT2D eigenvalue weighted by Gasteiger charge is -2.27. The molecule has 1 saturated heterocycles. The Bertz CT molecular complexity index is 1330. The fraction of sp³-hybridized carbons (Fsp3) is 0.400. The predicted octanol–water partition coefficient (Wildman–Crippen LogP) is 3.30. The highest BCUT2D eigenvalue weighted by Crippen LogP contribution is 2.31. The molecule has 1 aliphatic heterocycles. The van der Waals surface area contributed by atoms with Gasteiger partial charge in [0.1, 0.15) is 11.9 Å². The Balaban J connectivity index is 0.00000170. The summed E-state index contributed by atoms with van der Waals surface area (Å²) >= 11 is 7.26. The lowest BCUT2D eigenvalue weighted by molar-refractivity contribution is -0.123. The van der Waals surface area contributed by atoms with Crippen LogP contribution >= 0.6 is 22.9 Å². The molecule has 0 aliphatic carbocycles. The summed E-state index contributed by atoms with van der Waals surface area (Å²) in [5, 5.41) is 8.04. The van der Waals surface area contributed by atoms with Crippen molar-refractivity contribution in [2.24, 2.45) is 0 Å². The number of amides is 2. The van der Waals surface area contributed by atoms with Gasteiger partial charge in [0, 0.05) is 44.2 Å². The molecule has 0 bridgehead atoms. The van der Waals surface area contributed by atoms with E-state index in [2.05, 4.69) is 0 Å². The molecule has 1 N–H and O–H groups in total. The topological polar surface area (TPSA) is 119 Å². The van der Waals surface area contributed by atoms with Crippen molar-refractivity contribution >= 4 is 62.5 Å². The van der Waals surface area contributed by atoms with Crippen LogP contribution in [0.2, 0.25) is 4.34 Å². The number of carbonyl (C=O) groups is 3. The highest BCUT2D eigenvalue weighted by molar-refractivity contribution is 7.92. The lowest BCUT2D eigenvalue weighted by atomic mass is 10.1. The Morgan fingerprint density at radius 1 is 1.21 bits per heavy atom. The summed E-state index contributed by atoms with van der Waals surface area (Å²) in [6.07, 6.45) is 0.209. The van der Waals surface area contributed by atoms with Gasteiger partial charge in [-0.25, -0.2) is 12.8 Å². The summed E-state index contributed by atoms with van der Waals surface area (Å²) in [5.41, 5.74) is 0.688. The van der Waals surface area contributed by atoms with Crippen molar-refractivity contribution in [2.75, 3.05) is 52.7 Å². The van der Waals surface area contributed by atoms with Crippen molar-refractivity contribution in [1.82, 2.24) is 14.1 Å². The second-order valence-corrected chi connectivity index (χ2v) is 12.6. The molecule has 10 nitrogen and oxygen atoms in total. The van der Waals surface area contributed by atoms with Gasteiger partial charge >= 0.3 is 0 Å². The second kappa shape index (κ2) is 14.0. The zero-order valence-electron chi connectivity index (χ0n) is 22.3. The minimum atomic E-state index is -4.00. The van der Waals surface area contributed by atoms with E-state index in [1.165, 1.54) is 37.6 Å². The summed E-state index contributed by atoms with van der Waals surface area (Å²) in [6.45, 7) is 2.07. The molecule has 1 aromatic carbocycles. The summed E-state index contributed by atoms with van der Waals surface area (Å²) in [6, 6.07) is 6.40. The zero-order valence-corrected chi connectivity index (χ0v) is 24.7. The van der Waals surface area contributed by atoms with Crippen LogP contribution in [0.25, 0.3) is 5.57 Å². The molecule has 1 fully saturated rings. The summed E-state index contributed by atoms with van der Waals surface area (Å²) in [5.74, 6) is -1.58. The molecule has 2 heterocycles. The number of allylic oxidation sites excluding steroid dienone is 1. The first-order valence-electron chi connectivity index (χ1n) is 11.7. The minimum Gasteiger partial charge on any atom is -0.483 e. The van der Waals surface area contributed by atoms with Gasteiger partial charge in [0.15, 0.2) is 0 Å². The molecule has 3 rings (SSSR count). The molecule has 1 aliphatic rings. The third-order valence-corrected chi connectivity index (χ3v) is 8.91. The molecule has 1 atom stereocenters. The molecular formula is C25H32ClFN4O6S2. The average molecular weight is 603 g/mol. The van der Waals surface area contributed by atoms with E-state index in [-0.39, 0.29) is 43.1 Å². The van der Waals surface area contributed by atoms with Crippen LogP contribution in [0.3, 0.4) is 0 Å². The van der Waals surface area contributed by atoms with Gasteiger partial charge in [0.25, 0.3) is 12.4 Å². The number of sulfonamides is 1. The molecule has 2 aromatic rings. The van der Waals surface area contributed by atoms with Crippen LogP contribution in [0, 0.1) is 5.82 Å². The second-order valence-electron chi connectivity index (χ2n) is 9.13. The van der Waals surface area contributed by atoms with Crippen LogP contribution in [0.15, 0.2) is 35.7 Å². The van der Waals surface area contributed by atoms with E-state index >= 15 is 0 Å². The molecule has 0 unspecified atom stereocenters. The number of thiophene rings is 1. The third kappa shape index (κ3) is 8.32. The molecule has 214 valence electrons. The quantitative estimate of drug-likeness (QED) is 0.438. The van der Waals surface area contributed by atoms with Crippen LogP contribution < -0.4 is 4.90 Å². The van der Waals surface area contributed by atoms with E-state index in [4.69, 9.17) is 21.5 Å². The maximum atomic E-state index is 15.0. The molecule has 1 aromatic heterocycles. The standard InChI is InChI=1S/C24H30ClFN4O4S2.CH2O2/c1-16(21-8-9-22(25)35-21)15-36(33,34)30(13-12-27(2)3)20-10-11-29(24(20)32)19-7-6-17(14-18(19)26)23(31)28(4)5;2-1-3/h6-9,14-15,20H,10-13H2,1-5H3;1H,(H,2,3)/b16-15+;/t20-;/m0./s1. The summed E-state index contributed by atoms with van der Waals surface area (Å²) in [4.78, 5) is 39.0. The number of nitrogens with zero attached hydrogens (tertiary/aromatic N) is 4.